The lowest BCUT2D eigenvalue weighted by Crippen LogP contribution is -2.37. The Kier molecular flexibility index (Phi) is 5.62. The van der Waals surface area contributed by atoms with Crippen molar-refractivity contribution in [3.63, 3.8) is 0 Å². The van der Waals surface area contributed by atoms with Crippen molar-refractivity contribution in [3.8, 4) is 17.1 Å². The highest BCUT2D eigenvalue weighted by molar-refractivity contribution is 5.79. The van der Waals surface area contributed by atoms with Crippen molar-refractivity contribution in [1.29, 1.82) is 0 Å². The summed E-state index contributed by atoms with van der Waals surface area (Å²) in [6.07, 6.45) is 4.06. The minimum absolute atomic E-state index is 0.0830. The first-order valence-electron chi connectivity index (χ1n) is 9.56. The monoisotopic (exact) mass is 396 g/mol. The van der Waals surface area contributed by atoms with E-state index in [9.17, 15) is 4.79 Å². The first-order chi connectivity index (χ1) is 14.2. The summed E-state index contributed by atoms with van der Waals surface area (Å²) in [6, 6.07) is 7.62. The SMILES string of the molecule is COCCn1nc(-c2cocn2)c2c1CCN(C(=O)Cc1cccc(OC)c1)C2. The van der Waals surface area contributed by atoms with Gasteiger partial charge in [-0.3, -0.25) is 9.48 Å². The van der Waals surface area contributed by atoms with E-state index >= 15 is 0 Å². The van der Waals surface area contributed by atoms with Gasteiger partial charge in [-0.15, -0.1) is 0 Å². The standard InChI is InChI=1S/C21H24N4O4/c1-27-9-8-25-19-6-7-24(12-17(19)21(23-25)18-13-29-14-22-18)20(26)11-15-4-3-5-16(10-15)28-2/h3-5,10,13-14H,6-9,11-12H2,1-2H3. The van der Waals surface area contributed by atoms with Gasteiger partial charge in [0.15, 0.2) is 6.39 Å². The van der Waals surface area contributed by atoms with Gasteiger partial charge in [-0.1, -0.05) is 12.1 Å². The van der Waals surface area contributed by atoms with Crippen LogP contribution in [0.5, 0.6) is 5.75 Å². The normalized spacial score (nSPS) is 13.4. The molecular formula is C21H24N4O4. The van der Waals surface area contributed by atoms with Crippen molar-refractivity contribution in [2.75, 3.05) is 27.4 Å². The molecule has 152 valence electrons. The third-order valence-corrected chi connectivity index (χ3v) is 5.16. The number of fused-ring (bicyclic) bond motifs is 1. The van der Waals surface area contributed by atoms with Crippen molar-refractivity contribution in [1.82, 2.24) is 19.7 Å². The smallest absolute Gasteiger partial charge is 0.227 e. The van der Waals surface area contributed by atoms with Crippen LogP contribution in [0.3, 0.4) is 0 Å². The van der Waals surface area contributed by atoms with Crippen LogP contribution in [0.15, 0.2) is 41.3 Å². The van der Waals surface area contributed by atoms with E-state index in [1.165, 1.54) is 6.39 Å². The second kappa shape index (κ2) is 8.48. The van der Waals surface area contributed by atoms with Crippen LogP contribution in [-0.4, -0.2) is 52.9 Å². The van der Waals surface area contributed by atoms with Crippen LogP contribution >= 0.6 is 0 Å². The number of amides is 1. The Morgan fingerprint density at radius 1 is 1.31 bits per heavy atom. The largest absolute Gasteiger partial charge is 0.497 e. The maximum absolute atomic E-state index is 13.0. The van der Waals surface area contributed by atoms with Crippen LogP contribution < -0.4 is 4.74 Å². The molecule has 29 heavy (non-hydrogen) atoms. The van der Waals surface area contributed by atoms with Gasteiger partial charge in [-0.25, -0.2) is 4.98 Å². The third-order valence-electron chi connectivity index (χ3n) is 5.16. The molecule has 0 bridgehead atoms. The molecule has 0 saturated carbocycles. The Labute approximate surface area is 169 Å². The van der Waals surface area contributed by atoms with Crippen molar-refractivity contribution in [3.05, 3.63) is 53.7 Å². The van der Waals surface area contributed by atoms with E-state index in [0.29, 0.717) is 38.4 Å². The molecule has 3 aromatic rings. The summed E-state index contributed by atoms with van der Waals surface area (Å²) in [6.45, 7) is 2.40. The number of hydrogen-bond donors (Lipinski definition) is 0. The molecule has 0 aliphatic carbocycles. The molecule has 8 nitrogen and oxygen atoms in total. The van der Waals surface area contributed by atoms with Gasteiger partial charge in [-0.05, 0) is 17.7 Å². The number of oxazole rings is 1. The highest BCUT2D eigenvalue weighted by atomic mass is 16.5. The topological polar surface area (TPSA) is 82.6 Å². The van der Waals surface area contributed by atoms with E-state index < -0.39 is 0 Å². The van der Waals surface area contributed by atoms with Crippen LogP contribution in [0.1, 0.15) is 16.8 Å². The molecule has 1 aliphatic heterocycles. The lowest BCUT2D eigenvalue weighted by atomic mass is 10.0. The zero-order chi connectivity index (χ0) is 20.2. The van der Waals surface area contributed by atoms with Crippen LogP contribution in [-0.2, 0) is 35.5 Å². The summed E-state index contributed by atoms with van der Waals surface area (Å²) in [5.74, 6) is 0.837. The number of aromatic nitrogens is 3. The fourth-order valence-electron chi connectivity index (χ4n) is 3.67. The number of methoxy groups -OCH3 is 2. The van der Waals surface area contributed by atoms with Crippen molar-refractivity contribution < 1.29 is 18.7 Å². The Hall–Kier alpha value is -3.13. The number of carbonyl (C=O) groups is 1. The number of rotatable bonds is 7. The van der Waals surface area contributed by atoms with Crippen LogP contribution in [0, 0.1) is 0 Å². The number of benzene rings is 1. The first-order valence-corrected chi connectivity index (χ1v) is 9.56. The molecule has 1 aromatic carbocycles. The average Bonchev–Trinajstić information content (AvgIpc) is 3.40. The minimum Gasteiger partial charge on any atom is -0.497 e. The Morgan fingerprint density at radius 2 is 2.21 bits per heavy atom. The van der Waals surface area contributed by atoms with Crippen molar-refractivity contribution in [2.45, 2.75) is 25.9 Å². The fraction of sp³-hybridized carbons (Fsp3) is 0.381. The molecule has 1 aliphatic rings. The fourth-order valence-corrected chi connectivity index (χ4v) is 3.67. The summed E-state index contributed by atoms with van der Waals surface area (Å²) in [5.41, 5.74) is 4.54. The van der Waals surface area contributed by atoms with Gasteiger partial charge in [0, 0.05) is 37.9 Å². The molecule has 0 spiro atoms. The molecule has 0 atom stereocenters. The van der Waals surface area contributed by atoms with Gasteiger partial charge >= 0.3 is 0 Å². The van der Waals surface area contributed by atoms with E-state index in [1.807, 2.05) is 33.8 Å². The van der Waals surface area contributed by atoms with E-state index in [-0.39, 0.29) is 5.91 Å². The number of nitrogens with zero attached hydrogens (tertiary/aromatic N) is 4. The predicted molar refractivity (Wildman–Crippen MR) is 105 cm³/mol. The first kappa shape index (κ1) is 19.2. The summed E-state index contributed by atoms with van der Waals surface area (Å²) >= 11 is 0. The van der Waals surface area contributed by atoms with Gasteiger partial charge in [-0.2, -0.15) is 5.10 Å². The summed E-state index contributed by atoms with van der Waals surface area (Å²) < 4.78 is 17.6. The average molecular weight is 396 g/mol. The van der Waals surface area contributed by atoms with Crippen molar-refractivity contribution >= 4 is 5.91 Å². The molecule has 0 fully saturated rings. The second-order valence-electron chi connectivity index (χ2n) is 6.96. The molecule has 0 N–H and O–H groups in total. The molecule has 0 radical (unpaired) electrons. The Balaban J connectivity index is 1.56. The van der Waals surface area contributed by atoms with Crippen LogP contribution in [0.4, 0.5) is 0 Å². The zero-order valence-corrected chi connectivity index (χ0v) is 16.6. The van der Waals surface area contributed by atoms with Gasteiger partial charge in [0.25, 0.3) is 0 Å². The van der Waals surface area contributed by atoms with E-state index in [4.69, 9.17) is 19.0 Å². The Morgan fingerprint density at radius 3 is 2.97 bits per heavy atom. The van der Waals surface area contributed by atoms with Crippen LogP contribution in [0.25, 0.3) is 11.4 Å². The molecular weight excluding hydrogens is 372 g/mol. The van der Waals surface area contributed by atoms with Crippen molar-refractivity contribution in [2.24, 2.45) is 0 Å². The van der Waals surface area contributed by atoms with Gasteiger partial charge in [0.05, 0.1) is 26.7 Å². The number of hydrogen-bond acceptors (Lipinski definition) is 6. The number of carbonyl (C=O) groups excluding carboxylic acids is 1. The summed E-state index contributed by atoms with van der Waals surface area (Å²) in [5, 5.41) is 4.73. The molecule has 0 saturated heterocycles. The summed E-state index contributed by atoms with van der Waals surface area (Å²) in [4.78, 5) is 19.1. The van der Waals surface area contributed by atoms with Gasteiger partial charge in [0.2, 0.25) is 5.91 Å². The maximum Gasteiger partial charge on any atom is 0.227 e. The zero-order valence-electron chi connectivity index (χ0n) is 16.6. The lowest BCUT2D eigenvalue weighted by Gasteiger charge is -2.28. The molecule has 3 heterocycles. The number of ether oxygens (including phenoxy) is 2. The molecule has 1 amide bonds. The maximum atomic E-state index is 13.0. The highest BCUT2D eigenvalue weighted by Crippen LogP contribution is 2.29. The van der Waals surface area contributed by atoms with Crippen LogP contribution in [0.2, 0.25) is 0 Å². The van der Waals surface area contributed by atoms with Gasteiger partial charge < -0.3 is 18.8 Å². The lowest BCUT2D eigenvalue weighted by molar-refractivity contribution is -0.131. The van der Waals surface area contributed by atoms with E-state index in [2.05, 4.69) is 4.98 Å². The highest BCUT2D eigenvalue weighted by Gasteiger charge is 2.28. The third kappa shape index (κ3) is 4.02. The van der Waals surface area contributed by atoms with E-state index in [1.54, 1.807) is 20.5 Å². The molecule has 0 unspecified atom stereocenters. The second-order valence-corrected chi connectivity index (χ2v) is 6.96. The summed E-state index contributed by atoms with van der Waals surface area (Å²) in [7, 11) is 3.30. The molecule has 4 rings (SSSR count). The predicted octanol–water partition coefficient (Wildman–Crippen LogP) is 2.32. The van der Waals surface area contributed by atoms with E-state index in [0.717, 1.165) is 34.7 Å². The Bertz CT molecular complexity index is 981. The van der Waals surface area contributed by atoms with Gasteiger partial charge in [0.1, 0.15) is 23.4 Å². The quantitative estimate of drug-likeness (QED) is 0.610. The molecule has 8 heteroatoms. The molecule has 2 aromatic heterocycles. The minimum atomic E-state index is 0.0830.